The van der Waals surface area contributed by atoms with Gasteiger partial charge in [0.05, 0.1) is 5.39 Å². The minimum atomic E-state index is -1.19. The molecule has 0 spiro atoms. The first kappa shape index (κ1) is 27.9. The number of amides is 3. The van der Waals surface area contributed by atoms with E-state index in [0.29, 0.717) is 23.1 Å². The van der Waals surface area contributed by atoms with E-state index >= 15 is 0 Å². The summed E-state index contributed by atoms with van der Waals surface area (Å²) in [5.74, 6) is -1.77. The van der Waals surface area contributed by atoms with Crippen molar-refractivity contribution < 1.29 is 19.2 Å². The number of hydrogen-bond donors (Lipinski definition) is 2. The third kappa shape index (κ3) is 4.66. The molecular formula is C28H28ClN5O5S. The van der Waals surface area contributed by atoms with Crippen LogP contribution in [0, 0.1) is 6.92 Å². The number of aryl methyl sites for hydroxylation is 2. The number of rotatable bonds is 7. The predicted octanol–water partition coefficient (Wildman–Crippen LogP) is 2.51. The van der Waals surface area contributed by atoms with Crippen LogP contribution in [0.4, 0.5) is 0 Å². The van der Waals surface area contributed by atoms with Crippen molar-refractivity contribution in [3.05, 3.63) is 75.7 Å². The van der Waals surface area contributed by atoms with Crippen molar-refractivity contribution in [2.45, 2.75) is 62.5 Å². The Morgan fingerprint density at radius 1 is 1.12 bits per heavy atom. The van der Waals surface area contributed by atoms with Gasteiger partial charge < -0.3 is 20.1 Å². The zero-order chi connectivity index (χ0) is 28.9. The minimum absolute atomic E-state index is 0.129. The second-order valence-electron chi connectivity index (χ2n) is 10.3. The molecule has 2 aliphatic rings. The Hall–Kier alpha value is -3.70. The number of halogens is 1. The van der Waals surface area contributed by atoms with Crippen molar-refractivity contribution in [3.8, 4) is 0 Å². The number of nitrogens with zero attached hydrogens (tertiary/aromatic N) is 3. The fourth-order valence-corrected chi connectivity index (χ4v) is 7.34. The normalized spacial score (nSPS) is 21.9. The number of nitrogens with one attached hydrogen (secondary N) is 2. The summed E-state index contributed by atoms with van der Waals surface area (Å²) in [7, 11) is 0. The average Bonchev–Trinajstić information content (AvgIpc) is 3.18. The molecular weight excluding hydrogens is 554 g/mol. The quantitative estimate of drug-likeness (QED) is 0.324. The maximum absolute atomic E-state index is 13.6. The van der Waals surface area contributed by atoms with Gasteiger partial charge in [-0.2, -0.15) is 0 Å². The van der Waals surface area contributed by atoms with Crippen LogP contribution in [-0.2, 0) is 20.9 Å². The Morgan fingerprint density at radius 3 is 2.48 bits per heavy atom. The maximum atomic E-state index is 13.6. The van der Waals surface area contributed by atoms with Gasteiger partial charge in [0.2, 0.25) is 22.5 Å². The topological polar surface area (TPSA) is 130 Å². The second kappa shape index (κ2) is 10.4. The van der Waals surface area contributed by atoms with Gasteiger partial charge in [-0.05, 0) is 57.0 Å². The van der Waals surface area contributed by atoms with E-state index in [1.54, 1.807) is 47.0 Å². The van der Waals surface area contributed by atoms with Gasteiger partial charge in [-0.1, -0.05) is 30.3 Å². The summed E-state index contributed by atoms with van der Waals surface area (Å²) in [5.41, 5.74) is 1.06. The van der Waals surface area contributed by atoms with Crippen LogP contribution in [0.15, 0.2) is 53.5 Å². The summed E-state index contributed by atoms with van der Waals surface area (Å²) in [5, 5.41) is 4.64. The molecule has 0 bridgehead atoms. The number of thioether (sulfide) groups is 1. The lowest BCUT2D eigenvalue weighted by molar-refractivity contribution is -0.153. The van der Waals surface area contributed by atoms with Gasteiger partial charge in [0, 0.05) is 23.2 Å². The number of aromatic nitrogens is 2. The number of carbonyl (C=O) groups is 4. The van der Waals surface area contributed by atoms with E-state index in [9.17, 15) is 24.0 Å². The van der Waals surface area contributed by atoms with E-state index in [2.05, 4.69) is 15.6 Å². The molecule has 2 N–H and O–H groups in total. The highest BCUT2D eigenvalue weighted by atomic mass is 35.5. The van der Waals surface area contributed by atoms with E-state index in [-0.39, 0.29) is 5.56 Å². The Labute approximate surface area is 239 Å². The molecule has 0 aliphatic carbocycles. The molecule has 12 heteroatoms. The molecule has 2 aliphatic heterocycles. The first-order valence-corrected chi connectivity index (χ1v) is 14.1. The molecule has 4 heterocycles. The number of β-lactam (4-membered cyclic amide) rings is 1. The molecule has 3 amide bonds. The fourth-order valence-electron chi connectivity index (χ4n) is 5.27. The molecule has 10 nitrogen and oxygen atoms in total. The number of fused-ring (bicyclic) bond motifs is 2. The highest BCUT2D eigenvalue weighted by Crippen LogP contribution is 2.51. The van der Waals surface area contributed by atoms with Gasteiger partial charge in [-0.15, -0.1) is 11.8 Å². The highest BCUT2D eigenvalue weighted by molar-refractivity contribution is 8.01. The summed E-state index contributed by atoms with van der Waals surface area (Å²) in [4.78, 5) is 71.3. The van der Waals surface area contributed by atoms with Crippen molar-refractivity contribution in [2.24, 2.45) is 0 Å². The second-order valence-corrected chi connectivity index (χ2v) is 12.5. The summed E-state index contributed by atoms with van der Waals surface area (Å²) in [6.07, 6.45) is 1.44. The third-order valence-corrected chi connectivity index (χ3v) is 9.05. The van der Waals surface area contributed by atoms with Gasteiger partial charge in [0.15, 0.2) is 0 Å². The van der Waals surface area contributed by atoms with Crippen LogP contribution >= 0.6 is 23.4 Å². The van der Waals surface area contributed by atoms with Crippen LogP contribution in [-0.4, -0.2) is 59.6 Å². The monoisotopic (exact) mass is 581 g/mol. The molecule has 4 unspecified atom stereocenters. The molecule has 40 heavy (non-hydrogen) atoms. The lowest BCUT2D eigenvalue weighted by Gasteiger charge is -2.44. The number of hydrogen-bond acceptors (Lipinski definition) is 7. The Kier molecular flexibility index (Phi) is 7.22. The van der Waals surface area contributed by atoms with E-state index in [0.717, 1.165) is 5.69 Å². The first-order valence-electron chi connectivity index (χ1n) is 12.8. The van der Waals surface area contributed by atoms with Gasteiger partial charge in [-0.3, -0.25) is 24.0 Å². The average molecular weight is 582 g/mol. The molecule has 2 saturated heterocycles. The Morgan fingerprint density at radius 2 is 1.82 bits per heavy atom. The van der Waals surface area contributed by atoms with Crippen LogP contribution in [0.2, 0.25) is 0 Å². The van der Waals surface area contributed by atoms with Crippen LogP contribution in [0.3, 0.4) is 0 Å². The van der Waals surface area contributed by atoms with Crippen LogP contribution in [0.5, 0.6) is 0 Å². The number of carbonyl (C=O) groups excluding carboxylic acids is 4. The van der Waals surface area contributed by atoms with Crippen molar-refractivity contribution >= 4 is 57.4 Å². The van der Waals surface area contributed by atoms with E-state index in [1.807, 2.05) is 27.7 Å². The standard InChI is InChI=1S/C28H28ClN5O5S/c1-5-33-13-17(20(35)16-12-11-14(2)30-23(16)33)24(37)31-18(15-9-7-6-8-10-15)25(38)32-19-26(39)34-21(22(29)36)28(3,4)40-27(19)34/h6-13,18-19,21,27H,5H2,1-4H3,(H,31,37)(H,32,38). The smallest absolute Gasteiger partial charge is 0.257 e. The molecule has 1 aromatic carbocycles. The van der Waals surface area contributed by atoms with Crippen LogP contribution < -0.4 is 16.1 Å². The molecule has 5 rings (SSSR count). The first-order chi connectivity index (χ1) is 18.9. The van der Waals surface area contributed by atoms with Gasteiger partial charge >= 0.3 is 0 Å². The third-order valence-electron chi connectivity index (χ3n) is 7.27. The summed E-state index contributed by atoms with van der Waals surface area (Å²) in [6.45, 7) is 7.81. The fraction of sp³-hybridized carbons (Fsp3) is 0.357. The van der Waals surface area contributed by atoms with E-state index in [1.165, 1.54) is 22.9 Å². The maximum Gasteiger partial charge on any atom is 0.257 e. The number of benzene rings is 1. The zero-order valence-corrected chi connectivity index (χ0v) is 23.9. The van der Waals surface area contributed by atoms with Crippen LogP contribution in [0.1, 0.15) is 48.4 Å². The molecule has 0 radical (unpaired) electrons. The summed E-state index contributed by atoms with van der Waals surface area (Å²) >= 11 is 7.18. The zero-order valence-electron chi connectivity index (χ0n) is 22.3. The molecule has 208 valence electrons. The molecule has 0 saturated carbocycles. The van der Waals surface area contributed by atoms with Crippen LogP contribution in [0.25, 0.3) is 11.0 Å². The molecule has 4 atom stereocenters. The van der Waals surface area contributed by atoms with Gasteiger partial charge in [-0.25, -0.2) is 4.98 Å². The molecule has 2 fully saturated rings. The largest absolute Gasteiger partial charge is 0.340 e. The van der Waals surface area contributed by atoms with Gasteiger partial charge in [0.25, 0.3) is 5.91 Å². The highest BCUT2D eigenvalue weighted by Gasteiger charge is 2.63. The number of pyridine rings is 2. The Bertz CT molecular complexity index is 1610. The molecule has 3 aromatic rings. The predicted molar refractivity (Wildman–Crippen MR) is 152 cm³/mol. The lowest BCUT2D eigenvalue weighted by atomic mass is 9.96. The summed E-state index contributed by atoms with van der Waals surface area (Å²) in [6, 6.07) is 9.01. The van der Waals surface area contributed by atoms with Crippen molar-refractivity contribution in [2.75, 3.05) is 0 Å². The lowest BCUT2D eigenvalue weighted by Crippen LogP contribution is -2.70. The summed E-state index contributed by atoms with van der Waals surface area (Å²) < 4.78 is 1.08. The van der Waals surface area contributed by atoms with Crippen molar-refractivity contribution in [3.63, 3.8) is 0 Å². The Balaban J connectivity index is 1.43. The molecule has 2 aromatic heterocycles. The van der Waals surface area contributed by atoms with Crippen molar-refractivity contribution in [1.82, 2.24) is 25.1 Å². The van der Waals surface area contributed by atoms with Crippen molar-refractivity contribution in [1.29, 1.82) is 0 Å². The van der Waals surface area contributed by atoms with E-state index < -0.39 is 56.6 Å². The SMILES string of the molecule is CCn1cc(C(=O)NC(C(=O)NC2C(=O)N3C2SC(C)(C)C3C(=O)Cl)c2ccccc2)c(=O)c2ccc(C)nc21. The van der Waals surface area contributed by atoms with E-state index in [4.69, 9.17) is 11.6 Å². The van der Waals surface area contributed by atoms with Gasteiger partial charge in [0.1, 0.15) is 34.7 Å². The minimum Gasteiger partial charge on any atom is -0.340 e.